The Morgan fingerprint density at radius 2 is 2.19 bits per heavy atom. The van der Waals surface area contributed by atoms with Crippen LogP contribution in [-0.2, 0) is 4.74 Å². The van der Waals surface area contributed by atoms with Gasteiger partial charge in [-0.2, -0.15) is 4.98 Å². The van der Waals surface area contributed by atoms with Crippen LogP contribution in [-0.4, -0.2) is 36.3 Å². The monoisotopic (exact) mass is 225 g/mol. The number of hydrogen-bond donors (Lipinski definition) is 1. The predicted molar refractivity (Wildman–Crippen MR) is 62.9 cm³/mol. The van der Waals surface area contributed by atoms with Crippen molar-refractivity contribution < 1.29 is 9.47 Å². The normalized spacial score (nSPS) is 12.2. The number of anilines is 1. The van der Waals surface area contributed by atoms with E-state index >= 15 is 0 Å². The van der Waals surface area contributed by atoms with E-state index in [1.807, 2.05) is 20.8 Å². The van der Waals surface area contributed by atoms with Gasteiger partial charge in [0.25, 0.3) is 0 Å². The number of nitrogens with zero attached hydrogens (tertiary/aromatic N) is 2. The Labute approximate surface area is 96.2 Å². The van der Waals surface area contributed by atoms with Crippen molar-refractivity contribution in [3.05, 3.63) is 11.8 Å². The SMILES string of the molecule is CCOC(C)CNc1nc(C)cc(OC)n1. The van der Waals surface area contributed by atoms with Crippen LogP contribution in [0.15, 0.2) is 6.07 Å². The van der Waals surface area contributed by atoms with Crippen LogP contribution in [0.4, 0.5) is 5.95 Å². The number of ether oxygens (including phenoxy) is 2. The fraction of sp³-hybridized carbons (Fsp3) is 0.636. The zero-order valence-electron chi connectivity index (χ0n) is 10.3. The summed E-state index contributed by atoms with van der Waals surface area (Å²) in [6.07, 6.45) is 0.139. The Morgan fingerprint density at radius 3 is 2.81 bits per heavy atom. The molecule has 90 valence electrons. The molecule has 1 N–H and O–H groups in total. The molecule has 0 saturated carbocycles. The van der Waals surface area contributed by atoms with Gasteiger partial charge < -0.3 is 14.8 Å². The first kappa shape index (κ1) is 12.7. The van der Waals surface area contributed by atoms with Gasteiger partial charge in [0.15, 0.2) is 0 Å². The molecule has 1 rings (SSSR count). The minimum atomic E-state index is 0.139. The smallest absolute Gasteiger partial charge is 0.226 e. The summed E-state index contributed by atoms with van der Waals surface area (Å²) < 4.78 is 10.5. The predicted octanol–water partition coefficient (Wildman–Crippen LogP) is 1.63. The van der Waals surface area contributed by atoms with Gasteiger partial charge in [0.2, 0.25) is 11.8 Å². The van der Waals surface area contributed by atoms with Gasteiger partial charge in [-0.05, 0) is 20.8 Å². The Morgan fingerprint density at radius 1 is 1.44 bits per heavy atom. The summed E-state index contributed by atoms with van der Waals surface area (Å²) in [6, 6.07) is 1.79. The second-order valence-corrected chi connectivity index (χ2v) is 3.52. The highest BCUT2D eigenvalue weighted by Crippen LogP contribution is 2.11. The summed E-state index contributed by atoms with van der Waals surface area (Å²) in [5.41, 5.74) is 0.874. The van der Waals surface area contributed by atoms with Crippen LogP contribution in [0.5, 0.6) is 5.88 Å². The highest BCUT2D eigenvalue weighted by molar-refractivity contribution is 5.30. The number of methoxy groups -OCH3 is 1. The maximum Gasteiger partial charge on any atom is 0.226 e. The summed E-state index contributed by atoms with van der Waals surface area (Å²) in [5.74, 6) is 1.14. The Bertz CT molecular complexity index is 331. The Balaban J connectivity index is 2.56. The third-order valence-corrected chi connectivity index (χ3v) is 2.04. The molecule has 0 bridgehead atoms. The summed E-state index contributed by atoms with van der Waals surface area (Å²) >= 11 is 0. The molecule has 1 atom stereocenters. The number of hydrogen-bond acceptors (Lipinski definition) is 5. The molecule has 0 spiro atoms. The van der Waals surface area contributed by atoms with Gasteiger partial charge in [0.1, 0.15) is 0 Å². The van der Waals surface area contributed by atoms with Crippen LogP contribution in [0.3, 0.4) is 0 Å². The Hall–Kier alpha value is -1.36. The second kappa shape index (κ2) is 6.27. The summed E-state index contributed by atoms with van der Waals surface area (Å²) in [4.78, 5) is 8.44. The molecule has 1 aromatic rings. The largest absolute Gasteiger partial charge is 0.481 e. The molecule has 0 radical (unpaired) electrons. The molecule has 0 aliphatic carbocycles. The van der Waals surface area contributed by atoms with Gasteiger partial charge in [-0.1, -0.05) is 0 Å². The molecule has 1 unspecified atom stereocenters. The minimum absolute atomic E-state index is 0.139. The lowest BCUT2D eigenvalue weighted by atomic mass is 10.4. The first-order valence-electron chi connectivity index (χ1n) is 5.40. The highest BCUT2D eigenvalue weighted by atomic mass is 16.5. The lowest BCUT2D eigenvalue weighted by molar-refractivity contribution is 0.0854. The van der Waals surface area contributed by atoms with Crippen molar-refractivity contribution in [2.24, 2.45) is 0 Å². The molecule has 0 fully saturated rings. The van der Waals surface area contributed by atoms with Crippen LogP contribution < -0.4 is 10.1 Å². The van der Waals surface area contributed by atoms with Crippen molar-refractivity contribution in [2.75, 3.05) is 25.6 Å². The average Bonchev–Trinajstić information content (AvgIpc) is 2.26. The van der Waals surface area contributed by atoms with Crippen molar-refractivity contribution in [3.8, 4) is 5.88 Å². The summed E-state index contributed by atoms with van der Waals surface area (Å²) in [7, 11) is 1.59. The average molecular weight is 225 g/mol. The van der Waals surface area contributed by atoms with Crippen molar-refractivity contribution in [2.45, 2.75) is 26.9 Å². The van der Waals surface area contributed by atoms with Gasteiger partial charge in [-0.15, -0.1) is 0 Å². The molecular formula is C11H19N3O2. The van der Waals surface area contributed by atoms with Crippen LogP contribution in [0.1, 0.15) is 19.5 Å². The highest BCUT2D eigenvalue weighted by Gasteiger charge is 2.04. The first-order valence-corrected chi connectivity index (χ1v) is 5.40. The number of nitrogens with one attached hydrogen (secondary N) is 1. The molecule has 0 aliphatic rings. The van der Waals surface area contributed by atoms with Crippen molar-refractivity contribution >= 4 is 5.95 Å². The molecule has 5 nitrogen and oxygen atoms in total. The topological polar surface area (TPSA) is 56.3 Å². The third-order valence-electron chi connectivity index (χ3n) is 2.04. The Kier molecular flexibility index (Phi) is 4.98. The van der Waals surface area contributed by atoms with Crippen LogP contribution in [0, 0.1) is 6.92 Å². The summed E-state index contributed by atoms with van der Waals surface area (Å²) in [5, 5.41) is 3.12. The molecule has 0 saturated heterocycles. The zero-order chi connectivity index (χ0) is 12.0. The van der Waals surface area contributed by atoms with Crippen molar-refractivity contribution in [3.63, 3.8) is 0 Å². The standard InChI is InChI=1S/C11H19N3O2/c1-5-16-9(3)7-12-11-13-8(2)6-10(14-11)15-4/h6,9H,5,7H2,1-4H3,(H,12,13,14). The van der Waals surface area contributed by atoms with E-state index in [2.05, 4.69) is 15.3 Å². The number of aryl methyl sites for hydroxylation is 1. The lowest BCUT2D eigenvalue weighted by Gasteiger charge is -2.13. The van der Waals surface area contributed by atoms with E-state index in [0.717, 1.165) is 5.69 Å². The van der Waals surface area contributed by atoms with Crippen LogP contribution in [0.2, 0.25) is 0 Å². The molecule has 1 aromatic heterocycles. The van der Waals surface area contributed by atoms with E-state index in [4.69, 9.17) is 9.47 Å². The molecular weight excluding hydrogens is 206 g/mol. The van der Waals surface area contributed by atoms with Crippen molar-refractivity contribution in [1.29, 1.82) is 0 Å². The quantitative estimate of drug-likeness (QED) is 0.797. The molecule has 0 aromatic carbocycles. The van der Waals surface area contributed by atoms with Crippen molar-refractivity contribution in [1.82, 2.24) is 9.97 Å². The molecule has 0 aliphatic heterocycles. The molecule has 1 heterocycles. The van der Waals surface area contributed by atoms with E-state index < -0.39 is 0 Å². The summed E-state index contributed by atoms with van der Waals surface area (Å²) in [6.45, 7) is 7.27. The maximum atomic E-state index is 5.40. The molecule has 5 heteroatoms. The fourth-order valence-electron chi connectivity index (χ4n) is 1.30. The molecule has 0 amide bonds. The van der Waals surface area contributed by atoms with E-state index in [9.17, 15) is 0 Å². The van der Waals surface area contributed by atoms with Crippen LogP contribution >= 0.6 is 0 Å². The van der Waals surface area contributed by atoms with Crippen LogP contribution in [0.25, 0.3) is 0 Å². The van der Waals surface area contributed by atoms with Gasteiger partial charge in [-0.3, -0.25) is 0 Å². The van der Waals surface area contributed by atoms with E-state index in [1.54, 1.807) is 13.2 Å². The van der Waals surface area contributed by atoms with Gasteiger partial charge in [0, 0.05) is 24.9 Å². The van der Waals surface area contributed by atoms with E-state index in [1.165, 1.54) is 0 Å². The fourth-order valence-corrected chi connectivity index (χ4v) is 1.30. The number of aromatic nitrogens is 2. The van der Waals surface area contributed by atoms with E-state index in [0.29, 0.717) is 25.0 Å². The maximum absolute atomic E-state index is 5.40. The lowest BCUT2D eigenvalue weighted by Crippen LogP contribution is -2.21. The van der Waals surface area contributed by atoms with Gasteiger partial charge >= 0.3 is 0 Å². The second-order valence-electron chi connectivity index (χ2n) is 3.52. The minimum Gasteiger partial charge on any atom is -0.481 e. The zero-order valence-corrected chi connectivity index (χ0v) is 10.3. The molecule has 16 heavy (non-hydrogen) atoms. The van der Waals surface area contributed by atoms with Gasteiger partial charge in [-0.25, -0.2) is 4.98 Å². The first-order chi connectivity index (χ1) is 7.65. The third kappa shape index (κ3) is 4.02. The number of rotatable bonds is 6. The van der Waals surface area contributed by atoms with E-state index in [-0.39, 0.29) is 6.10 Å². The van der Waals surface area contributed by atoms with Gasteiger partial charge in [0.05, 0.1) is 13.2 Å².